The molecule has 100 valence electrons. The number of halogens is 1. The topological polar surface area (TPSA) is 32.3 Å². The fourth-order valence-electron chi connectivity index (χ4n) is 2.68. The maximum Gasteiger partial charge on any atom is 0.126 e. The summed E-state index contributed by atoms with van der Waals surface area (Å²) in [5.74, 6) is -0.217. The molecule has 1 aliphatic rings. The molecule has 1 heterocycles. The van der Waals surface area contributed by atoms with Crippen LogP contribution in [0.2, 0.25) is 0 Å². The third kappa shape index (κ3) is 3.09. The summed E-state index contributed by atoms with van der Waals surface area (Å²) in [6, 6.07) is 5.23. The van der Waals surface area contributed by atoms with Crippen LogP contribution in [0.3, 0.4) is 0 Å². The fourth-order valence-corrected chi connectivity index (χ4v) is 2.68. The predicted octanol–water partition coefficient (Wildman–Crippen LogP) is 2.87. The third-order valence-electron chi connectivity index (χ3n) is 3.84. The molecule has 1 aromatic carbocycles. The van der Waals surface area contributed by atoms with E-state index in [0.29, 0.717) is 18.0 Å². The SMILES string of the molecule is Cc1cc(C(C)(O)CC2CCCCN2)ccc1F. The summed E-state index contributed by atoms with van der Waals surface area (Å²) in [5, 5.41) is 14.0. The van der Waals surface area contributed by atoms with Crippen molar-refractivity contribution in [1.82, 2.24) is 5.32 Å². The van der Waals surface area contributed by atoms with Gasteiger partial charge in [-0.1, -0.05) is 18.6 Å². The van der Waals surface area contributed by atoms with Crippen molar-refractivity contribution >= 4 is 0 Å². The van der Waals surface area contributed by atoms with Crippen molar-refractivity contribution in [1.29, 1.82) is 0 Å². The maximum absolute atomic E-state index is 13.3. The normalized spacial score (nSPS) is 23.7. The number of rotatable bonds is 3. The number of hydrogen-bond acceptors (Lipinski definition) is 2. The molecule has 0 amide bonds. The molecule has 0 bridgehead atoms. The lowest BCUT2D eigenvalue weighted by molar-refractivity contribution is 0.0331. The second kappa shape index (κ2) is 5.37. The van der Waals surface area contributed by atoms with E-state index in [-0.39, 0.29) is 5.82 Å². The first-order valence-electron chi connectivity index (χ1n) is 6.71. The molecule has 2 atom stereocenters. The smallest absolute Gasteiger partial charge is 0.126 e. The molecule has 0 spiro atoms. The number of nitrogens with one attached hydrogen (secondary N) is 1. The molecular formula is C15H22FNO. The average molecular weight is 251 g/mol. The Morgan fingerprint density at radius 2 is 2.22 bits per heavy atom. The Hall–Kier alpha value is -0.930. The molecule has 1 saturated heterocycles. The van der Waals surface area contributed by atoms with E-state index in [1.807, 2.05) is 6.92 Å². The van der Waals surface area contributed by atoms with Crippen LogP contribution >= 0.6 is 0 Å². The first kappa shape index (κ1) is 13.5. The summed E-state index contributed by atoms with van der Waals surface area (Å²) in [5.41, 5.74) is 0.492. The molecule has 0 radical (unpaired) electrons. The lowest BCUT2D eigenvalue weighted by Crippen LogP contribution is -2.39. The van der Waals surface area contributed by atoms with Crippen molar-refractivity contribution in [2.24, 2.45) is 0 Å². The largest absolute Gasteiger partial charge is 0.385 e. The zero-order chi connectivity index (χ0) is 13.2. The van der Waals surface area contributed by atoms with E-state index in [9.17, 15) is 9.50 Å². The van der Waals surface area contributed by atoms with Gasteiger partial charge >= 0.3 is 0 Å². The molecule has 2 unspecified atom stereocenters. The first-order chi connectivity index (χ1) is 8.49. The van der Waals surface area contributed by atoms with Crippen LogP contribution in [-0.4, -0.2) is 17.7 Å². The zero-order valence-electron chi connectivity index (χ0n) is 11.2. The lowest BCUT2D eigenvalue weighted by Gasteiger charge is -2.32. The minimum absolute atomic E-state index is 0.217. The van der Waals surface area contributed by atoms with Gasteiger partial charge in [-0.25, -0.2) is 4.39 Å². The van der Waals surface area contributed by atoms with E-state index in [1.54, 1.807) is 19.1 Å². The number of hydrogen-bond donors (Lipinski definition) is 2. The summed E-state index contributed by atoms with van der Waals surface area (Å²) < 4.78 is 13.3. The standard InChI is InChI=1S/C15H22FNO/c1-11-9-12(6-7-14(11)16)15(2,18)10-13-5-3-4-8-17-13/h6-7,9,13,17-18H,3-5,8,10H2,1-2H3. The lowest BCUT2D eigenvalue weighted by atomic mass is 9.86. The Morgan fingerprint density at radius 3 is 2.83 bits per heavy atom. The van der Waals surface area contributed by atoms with Gasteiger partial charge < -0.3 is 10.4 Å². The van der Waals surface area contributed by atoms with Crippen molar-refractivity contribution in [3.8, 4) is 0 Å². The fraction of sp³-hybridized carbons (Fsp3) is 0.600. The quantitative estimate of drug-likeness (QED) is 0.865. The molecule has 2 rings (SSSR count). The molecule has 0 saturated carbocycles. The highest BCUT2D eigenvalue weighted by molar-refractivity contribution is 5.28. The van der Waals surface area contributed by atoms with Crippen molar-refractivity contribution in [2.75, 3.05) is 6.54 Å². The van der Waals surface area contributed by atoms with Crippen molar-refractivity contribution < 1.29 is 9.50 Å². The molecule has 2 N–H and O–H groups in total. The van der Waals surface area contributed by atoms with Gasteiger partial charge in [0.2, 0.25) is 0 Å². The van der Waals surface area contributed by atoms with Crippen LogP contribution in [0, 0.1) is 12.7 Å². The van der Waals surface area contributed by atoms with Gasteiger partial charge in [0.25, 0.3) is 0 Å². The molecule has 3 heteroatoms. The van der Waals surface area contributed by atoms with Crippen LogP contribution in [0.5, 0.6) is 0 Å². The summed E-state index contributed by atoms with van der Waals surface area (Å²) in [6.45, 7) is 4.58. The summed E-state index contributed by atoms with van der Waals surface area (Å²) in [6.07, 6.45) is 4.22. The van der Waals surface area contributed by atoms with Gasteiger partial charge in [-0.3, -0.25) is 0 Å². The van der Waals surface area contributed by atoms with E-state index in [4.69, 9.17) is 0 Å². The van der Waals surface area contributed by atoms with E-state index in [1.165, 1.54) is 18.9 Å². The van der Waals surface area contributed by atoms with Gasteiger partial charge in [-0.05, 0) is 56.8 Å². The van der Waals surface area contributed by atoms with Crippen molar-refractivity contribution in [2.45, 2.75) is 51.2 Å². The zero-order valence-corrected chi connectivity index (χ0v) is 11.2. The number of aryl methyl sites for hydroxylation is 1. The van der Waals surface area contributed by atoms with Gasteiger partial charge in [0.05, 0.1) is 5.60 Å². The Labute approximate surface area is 108 Å². The Bertz CT molecular complexity index is 411. The first-order valence-corrected chi connectivity index (χ1v) is 6.71. The van der Waals surface area contributed by atoms with Crippen LogP contribution in [-0.2, 0) is 5.60 Å². The Balaban J connectivity index is 2.10. The second-order valence-corrected chi connectivity index (χ2v) is 5.59. The van der Waals surface area contributed by atoms with Crippen LogP contribution in [0.1, 0.15) is 43.7 Å². The van der Waals surface area contributed by atoms with Gasteiger partial charge in [0, 0.05) is 6.04 Å². The van der Waals surface area contributed by atoms with Crippen LogP contribution in [0.15, 0.2) is 18.2 Å². The summed E-state index contributed by atoms with van der Waals surface area (Å²) in [7, 11) is 0. The second-order valence-electron chi connectivity index (χ2n) is 5.59. The molecule has 0 aromatic heterocycles. The van der Waals surface area contributed by atoms with Crippen LogP contribution in [0.4, 0.5) is 4.39 Å². The van der Waals surface area contributed by atoms with Crippen LogP contribution < -0.4 is 5.32 Å². The number of aliphatic hydroxyl groups is 1. The Morgan fingerprint density at radius 1 is 1.44 bits per heavy atom. The highest BCUT2D eigenvalue weighted by Gasteiger charge is 2.28. The van der Waals surface area contributed by atoms with Gasteiger partial charge in [0.1, 0.15) is 5.82 Å². The molecule has 1 aliphatic heterocycles. The van der Waals surface area contributed by atoms with Crippen molar-refractivity contribution in [3.05, 3.63) is 35.1 Å². The molecule has 18 heavy (non-hydrogen) atoms. The number of benzene rings is 1. The predicted molar refractivity (Wildman–Crippen MR) is 71.0 cm³/mol. The minimum Gasteiger partial charge on any atom is -0.385 e. The van der Waals surface area contributed by atoms with Gasteiger partial charge in [-0.2, -0.15) is 0 Å². The monoisotopic (exact) mass is 251 g/mol. The number of piperidine rings is 1. The maximum atomic E-state index is 13.3. The van der Waals surface area contributed by atoms with E-state index in [0.717, 1.165) is 18.5 Å². The highest BCUT2D eigenvalue weighted by atomic mass is 19.1. The molecule has 0 aliphatic carbocycles. The third-order valence-corrected chi connectivity index (χ3v) is 3.84. The highest BCUT2D eigenvalue weighted by Crippen LogP contribution is 2.29. The molecule has 1 aromatic rings. The van der Waals surface area contributed by atoms with E-state index < -0.39 is 5.60 Å². The van der Waals surface area contributed by atoms with E-state index >= 15 is 0 Å². The average Bonchev–Trinajstić information content (AvgIpc) is 2.33. The summed E-state index contributed by atoms with van der Waals surface area (Å²) >= 11 is 0. The van der Waals surface area contributed by atoms with Crippen molar-refractivity contribution in [3.63, 3.8) is 0 Å². The van der Waals surface area contributed by atoms with Gasteiger partial charge in [-0.15, -0.1) is 0 Å². The molecule has 1 fully saturated rings. The Kier molecular flexibility index (Phi) is 4.03. The van der Waals surface area contributed by atoms with Gasteiger partial charge in [0.15, 0.2) is 0 Å². The minimum atomic E-state index is -0.895. The van der Waals surface area contributed by atoms with E-state index in [2.05, 4.69) is 5.32 Å². The van der Waals surface area contributed by atoms with Crippen LogP contribution in [0.25, 0.3) is 0 Å². The summed E-state index contributed by atoms with van der Waals surface area (Å²) in [4.78, 5) is 0. The molecule has 2 nitrogen and oxygen atoms in total. The molecular weight excluding hydrogens is 229 g/mol.